The van der Waals surface area contributed by atoms with Crippen molar-refractivity contribution >= 4 is 5.97 Å². The van der Waals surface area contributed by atoms with Crippen LogP contribution in [0, 0.1) is 0 Å². The van der Waals surface area contributed by atoms with Crippen LogP contribution in [0.1, 0.15) is 30.7 Å². The van der Waals surface area contributed by atoms with Gasteiger partial charge in [0, 0.05) is 6.04 Å². The molecule has 1 aromatic carbocycles. The number of carbonyl (C=O) groups is 1. The van der Waals surface area contributed by atoms with Crippen molar-refractivity contribution in [1.29, 1.82) is 0 Å². The Morgan fingerprint density at radius 3 is 2.62 bits per heavy atom. The summed E-state index contributed by atoms with van der Waals surface area (Å²) >= 11 is 0. The van der Waals surface area contributed by atoms with Crippen molar-refractivity contribution in [3.8, 4) is 0 Å². The van der Waals surface area contributed by atoms with E-state index in [9.17, 15) is 9.90 Å². The molecule has 2 N–H and O–H groups in total. The number of piperidine rings is 1. The summed E-state index contributed by atoms with van der Waals surface area (Å²) in [5.41, 5.74) is 0.898. The molecular weight excluding hydrogens is 202 g/mol. The molecule has 2 rings (SSSR count). The highest BCUT2D eigenvalue weighted by Gasteiger charge is 2.30. The Bertz CT molecular complexity index is 344. The minimum Gasteiger partial charge on any atom is -0.481 e. The van der Waals surface area contributed by atoms with Crippen molar-refractivity contribution in [3.05, 3.63) is 35.9 Å². The Kier molecular flexibility index (Phi) is 3.57. The highest BCUT2D eigenvalue weighted by molar-refractivity contribution is 5.77. The average molecular weight is 219 g/mol. The molecular formula is C13H17NO2. The van der Waals surface area contributed by atoms with E-state index in [2.05, 4.69) is 5.32 Å². The zero-order chi connectivity index (χ0) is 11.4. The first-order chi connectivity index (χ1) is 7.79. The van der Waals surface area contributed by atoms with Crippen LogP contribution in [0.4, 0.5) is 0 Å². The summed E-state index contributed by atoms with van der Waals surface area (Å²) in [6, 6.07) is 9.58. The van der Waals surface area contributed by atoms with Crippen molar-refractivity contribution in [1.82, 2.24) is 5.32 Å². The van der Waals surface area contributed by atoms with Gasteiger partial charge in [-0.3, -0.25) is 4.79 Å². The van der Waals surface area contributed by atoms with Gasteiger partial charge in [-0.15, -0.1) is 0 Å². The second-order valence-corrected chi connectivity index (χ2v) is 4.28. The quantitative estimate of drug-likeness (QED) is 0.817. The standard InChI is InChI=1S/C13H17NO2/c15-13(16)12(10-6-2-1-3-7-10)11-8-4-5-9-14-11/h1-3,6-7,11-12,14H,4-5,8-9H2,(H,15,16)/t11-,12?/m1/s1. The second kappa shape index (κ2) is 5.12. The van der Waals surface area contributed by atoms with Crippen LogP contribution in [0.15, 0.2) is 30.3 Å². The average Bonchev–Trinajstić information content (AvgIpc) is 2.31. The van der Waals surface area contributed by atoms with E-state index in [1.165, 1.54) is 0 Å². The molecule has 1 fully saturated rings. The van der Waals surface area contributed by atoms with E-state index in [1.54, 1.807) is 0 Å². The van der Waals surface area contributed by atoms with Gasteiger partial charge in [-0.05, 0) is 24.9 Å². The highest BCUT2D eigenvalue weighted by Crippen LogP contribution is 2.25. The van der Waals surface area contributed by atoms with Gasteiger partial charge in [-0.1, -0.05) is 36.8 Å². The van der Waals surface area contributed by atoms with E-state index in [-0.39, 0.29) is 6.04 Å². The van der Waals surface area contributed by atoms with Crippen molar-refractivity contribution in [2.45, 2.75) is 31.2 Å². The molecule has 86 valence electrons. The van der Waals surface area contributed by atoms with E-state index >= 15 is 0 Å². The molecule has 0 spiro atoms. The van der Waals surface area contributed by atoms with Crippen LogP contribution in [0.3, 0.4) is 0 Å². The van der Waals surface area contributed by atoms with Gasteiger partial charge < -0.3 is 10.4 Å². The van der Waals surface area contributed by atoms with Crippen LogP contribution < -0.4 is 5.32 Å². The molecule has 3 heteroatoms. The maximum atomic E-state index is 11.4. The first-order valence-electron chi connectivity index (χ1n) is 5.80. The molecule has 0 aliphatic carbocycles. The van der Waals surface area contributed by atoms with Gasteiger partial charge in [-0.2, -0.15) is 0 Å². The number of carboxylic acids is 1. The normalized spacial score (nSPS) is 22.6. The molecule has 1 aliphatic rings. The second-order valence-electron chi connectivity index (χ2n) is 4.28. The zero-order valence-corrected chi connectivity index (χ0v) is 9.23. The lowest BCUT2D eigenvalue weighted by molar-refractivity contribution is -0.139. The topological polar surface area (TPSA) is 49.3 Å². The Morgan fingerprint density at radius 1 is 1.31 bits per heavy atom. The first-order valence-corrected chi connectivity index (χ1v) is 5.80. The van der Waals surface area contributed by atoms with Crippen LogP contribution in [0.5, 0.6) is 0 Å². The third kappa shape index (κ3) is 2.42. The van der Waals surface area contributed by atoms with Gasteiger partial charge >= 0.3 is 5.97 Å². The van der Waals surface area contributed by atoms with Gasteiger partial charge in [0.15, 0.2) is 0 Å². The van der Waals surface area contributed by atoms with Gasteiger partial charge in [0.25, 0.3) is 0 Å². The SMILES string of the molecule is O=C(O)C(c1ccccc1)[C@H]1CCCCN1. The van der Waals surface area contributed by atoms with Crippen LogP contribution in [-0.4, -0.2) is 23.7 Å². The number of carboxylic acid groups (broad SMARTS) is 1. The summed E-state index contributed by atoms with van der Waals surface area (Å²) in [4.78, 5) is 11.4. The maximum Gasteiger partial charge on any atom is 0.312 e. The molecule has 1 unspecified atom stereocenters. The smallest absolute Gasteiger partial charge is 0.312 e. The number of benzene rings is 1. The fraction of sp³-hybridized carbons (Fsp3) is 0.462. The predicted molar refractivity (Wildman–Crippen MR) is 62.5 cm³/mol. The van der Waals surface area contributed by atoms with Crippen LogP contribution >= 0.6 is 0 Å². The lowest BCUT2D eigenvalue weighted by Gasteiger charge is -2.29. The highest BCUT2D eigenvalue weighted by atomic mass is 16.4. The van der Waals surface area contributed by atoms with Gasteiger partial charge in [-0.25, -0.2) is 0 Å². The largest absolute Gasteiger partial charge is 0.481 e. The molecule has 0 amide bonds. The molecule has 0 saturated carbocycles. The molecule has 3 nitrogen and oxygen atoms in total. The van der Waals surface area contributed by atoms with E-state index < -0.39 is 11.9 Å². The third-order valence-corrected chi connectivity index (χ3v) is 3.18. The molecule has 1 aromatic rings. The van der Waals surface area contributed by atoms with E-state index in [4.69, 9.17) is 0 Å². The van der Waals surface area contributed by atoms with Crippen molar-refractivity contribution < 1.29 is 9.90 Å². The number of aliphatic carboxylic acids is 1. The Morgan fingerprint density at radius 2 is 2.06 bits per heavy atom. The zero-order valence-electron chi connectivity index (χ0n) is 9.23. The molecule has 0 aromatic heterocycles. The summed E-state index contributed by atoms with van der Waals surface area (Å²) in [5.74, 6) is -1.15. The molecule has 1 saturated heterocycles. The fourth-order valence-electron chi connectivity index (χ4n) is 2.37. The Balaban J connectivity index is 2.20. The van der Waals surface area contributed by atoms with Gasteiger partial charge in [0.05, 0.1) is 5.92 Å². The van der Waals surface area contributed by atoms with Crippen LogP contribution in [-0.2, 0) is 4.79 Å². The molecule has 0 bridgehead atoms. The predicted octanol–water partition coefficient (Wildman–Crippen LogP) is 2.00. The summed E-state index contributed by atoms with van der Waals surface area (Å²) in [6.45, 7) is 0.932. The monoisotopic (exact) mass is 219 g/mol. The maximum absolute atomic E-state index is 11.4. The van der Waals surface area contributed by atoms with Crippen molar-refractivity contribution in [2.75, 3.05) is 6.54 Å². The summed E-state index contributed by atoms with van der Waals surface area (Å²) in [7, 11) is 0. The molecule has 2 atom stereocenters. The number of hydrogen-bond donors (Lipinski definition) is 2. The Hall–Kier alpha value is -1.35. The van der Waals surface area contributed by atoms with E-state index in [0.717, 1.165) is 31.4 Å². The van der Waals surface area contributed by atoms with Gasteiger partial charge in [0.1, 0.15) is 0 Å². The molecule has 1 heterocycles. The fourth-order valence-corrected chi connectivity index (χ4v) is 2.37. The van der Waals surface area contributed by atoms with Crippen molar-refractivity contribution in [3.63, 3.8) is 0 Å². The lowest BCUT2D eigenvalue weighted by Crippen LogP contribution is -2.41. The van der Waals surface area contributed by atoms with E-state index in [1.807, 2.05) is 30.3 Å². The Labute approximate surface area is 95.5 Å². The first kappa shape index (κ1) is 11.1. The van der Waals surface area contributed by atoms with Crippen molar-refractivity contribution in [2.24, 2.45) is 0 Å². The lowest BCUT2D eigenvalue weighted by atomic mass is 9.86. The number of nitrogens with one attached hydrogen (secondary N) is 1. The molecule has 0 radical (unpaired) electrons. The number of rotatable bonds is 3. The van der Waals surface area contributed by atoms with E-state index in [0.29, 0.717) is 0 Å². The number of hydrogen-bond acceptors (Lipinski definition) is 2. The minimum atomic E-state index is -0.731. The van der Waals surface area contributed by atoms with Crippen LogP contribution in [0.2, 0.25) is 0 Å². The van der Waals surface area contributed by atoms with Crippen LogP contribution in [0.25, 0.3) is 0 Å². The summed E-state index contributed by atoms with van der Waals surface area (Å²) < 4.78 is 0. The third-order valence-electron chi connectivity index (χ3n) is 3.18. The molecule has 1 aliphatic heterocycles. The summed E-state index contributed by atoms with van der Waals surface area (Å²) in [5, 5.41) is 12.7. The summed E-state index contributed by atoms with van der Waals surface area (Å²) in [6.07, 6.45) is 3.22. The minimum absolute atomic E-state index is 0.0775. The van der Waals surface area contributed by atoms with Gasteiger partial charge in [0.2, 0.25) is 0 Å². The molecule has 16 heavy (non-hydrogen) atoms.